The summed E-state index contributed by atoms with van der Waals surface area (Å²) in [7, 11) is -4.42. The molecule has 0 heterocycles. The standard InChI is InChI=1S/C75H120NO8P/c1-3-5-7-9-11-13-15-17-19-21-23-25-27-29-31-33-34-35-36-37-38-40-41-43-45-47-49-51-53-55-57-59-61-63-65-67-74(77)81-71-73(72-83-85(79,80)82-70-69-76)84-75(78)68-66-64-62-60-58-56-54-52-50-48-46-44-42-39-32-30-28-26-24-22-20-18-16-14-12-10-8-6-4-2/h5-8,11-14,17-20,23-26,29-32,34-35,42,44,48,50,54,56,60,62,73H,3-4,9-10,15-16,21-22,27-28,33,36-41,43,45-47,49,51-53,55,57-59,61,63-72,76H2,1-2H3,(H,79,80)/b7-5-,8-6-,13-11-,14-12-,19-17-,20-18-,25-23-,26-24-,31-29-,32-30-,35-34-,44-42-,50-48-,56-54-,62-60-. The number of nitrogens with two attached hydrogens (primary N) is 1. The zero-order chi connectivity index (χ0) is 61.6. The van der Waals surface area contributed by atoms with E-state index in [2.05, 4.69) is 190 Å². The second-order valence-electron chi connectivity index (χ2n) is 21.2. The lowest BCUT2D eigenvalue weighted by molar-refractivity contribution is -0.161. The van der Waals surface area contributed by atoms with Gasteiger partial charge in [-0.15, -0.1) is 0 Å². The summed E-state index contributed by atoms with van der Waals surface area (Å²) in [4.78, 5) is 35.3. The molecule has 3 N–H and O–H groups in total. The SMILES string of the molecule is CC/C=C\C/C=C\C/C=C\C/C=C\C/C=C\C/C=C\C/C=C\C/C=C\C/C=C\CCCC(=O)OC(COC(=O)CCCCCCCCCCCCCCCCCC/C=C\C/C=C\C/C=C\C/C=C\C/C=C\C/C=C\CC)COP(=O)(O)OCCN. The van der Waals surface area contributed by atoms with Gasteiger partial charge in [-0.1, -0.05) is 286 Å². The van der Waals surface area contributed by atoms with Crippen LogP contribution in [0, 0.1) is 0 Å². The predicted molar refractivity (Wildman–Crippen MR) is 366 cm³/mol. The summed E-state index contributed by atoms with van der Waals surface area (Å²) in [6.07, 6.45) is 103. The van der Waals surface area contributed by atoms with E-state index in [4.69, 9.17) is 24.3 Å². The summed E-state index contributed by atoms with van der Waals surface area (Å²) in [5.41, 5.74) is 5.39. The molecule has 2 atom stereocenters. The zero-order valence-corrected chi connectivity index (χ0v) is 54.4. The highest BCUT2D eigenvalue weighted by atomic mass is 31.2. The van der Waals surface area contributed by atoms with Gasteiger partial charge >= 0.3 is 19.8 Å². The Bertz CT molecular complexity index is 2040. The number of carbonyl (C=O) groups is 2. The summed E-state index contributed by atoms with van der Waals surface area (Å²) < 4.78 is 33.1. The van der Waals surface area contributed by atoms with Crippen molar-refractivity contribution in [1.82, 2.24) is 0 Å². The van der Waals surface area contributed by atoms with E-state index in [0.717, 1.165) is 116 Å². The molecular weight excluding hydrogens is 1070 g/mol. The number of phosphoric ester groups is 1. The van der Waals surface area contributed by atoms with Gasteiger partial charge in [0.15, 0.2) is 6.10 Å². The molecule has 9 nitrogen and oxygen atoms in total. The van der Waals surface area contributed by atoms with Gasteiger partial charge in [-0.2, -0.15) is 0 Å². The molecule has 0 radical (unpaired) electrons. The van der Waals surface area contributed by atoms with Crippen molar-refractivity contribution >= 4 is 19.8 Å². The van der Waals surface area contributed by atoms with Gasteiger partial charge in [0.25, 0.3) is 0 Å². The lowest BCUT2D eigenvalue weighted by Crippen LogP contribution is -2.29. The number of carbonyl (C=O) groups excluding carboxylic acids is 2. The number of phosphoric acid groups is 1. The Hall–Kier alpha value is -4.89. The number of ether oxygens (including phenoxy) is 2. The molecule has 0 aliphatic heterocycles. The fraction of sp³-hybridized carbons (Fsp3) is 0.573. The predicted octanol–water partition coefficient (Wildman–Crippen LogP) is 22.0. The summed E-state index contributed by atoms with van der Waals surface area (Å²) in [6, 6.07) is 0. The average molecular weight is 1190 g/mol. The molecule has 0 fully saturated rings. The van der Waals surface area contributed by atoms with Crippen LogP contribution in [0.3, 0.4) is 0 Å². The van der Waals surface area contributed by atoms with Crippen molar-refractivity contribution in [3.8, 4) is 0 Å². The zero-order valence-electron chi connectivity index (χ0n) is 53.5. The van der Waals surface area contributed by atoms with Crippen LogP contribution < -0.4 is 5.73 Å². The van der Waals surface area contributed by atoms with Gasteiger partial charge in [-0.25, -0.2) is 4.57 Å². The van der Waals surface area contributed by atoms with Gasteiger partial charge < -0.3 is 20.1 Å². The number of esters is 2. The Labute approximate surface area is 520 Å². The molecule has 2 unspecified atom stereocenters. The number of hydrogen-bond acceptors (Lipinski definition) is 8. The van der Waals surface area contributed by atoms with Crippen LogP contribution in [0.5, 0.6) is 0 Å². The highest BCUT2D eigenvalue weighted by Crippen LogP contribution is 2.43. The molecule has 0 aromatic rings. The maximum atomic E-state index is 12.7. The first-order valence-electron chi connectivity index (χ1n) is 33.3. The molecule has 10 heteroatoms. The molecule has 0 aromatic heterocycles. The molecule has 478 valence electrons. The van der Waals surface area contributed by atoms with Gasteiger partial charge in [0.2, 0.25) is 0 Å². The maximum Gasteiger partial charge on any atom is 0.472 e. The largest absolute Gasteiger partial charge is 0.472 e. The molecule has 0 saturated carbocycles. The molecule has 85 heavy (non-hydrogen) atoms. The third kappa shape index (κ3) is 68.1. The van der Waals surface area contributed by atoms with Crippen molar-refractivity contribution in [2.24, 2.45) is 5.73 Å². The topological polar surface area (TPSA) is 134 Å². The molecule has 0 bridgehead atoms. The molecule has 0 aliphatic rings. The quantitative estimate of drug-likeness (QED) is 0.0264. The molecule has 0 aliphatic carbocycles. The maximum absolute atomic E-state index is 12.7. The van der Waals surface area contributed by atoms with E-state index in [0.29, 0.717) is 19.3 Å². The van der Waals surface area contributed by atoms with Crippen LogP contribution in [0.25, 0.3) is 0 Å². The van der Waals surface area contributed by atoms with Gasteiger partial charge in [0.1, 0.15) is 6.61 Å². The number of rotatable bonds is 60. The van der Waals surface area contributed by atoms with Gasteiger partial charge in [-0.3, -0.25) is 18.6 Å². The fourth-order valence-corrected chi connectivity index (χ4v) is 9.23. The Balaban J connectivity index is 4.03. The first-order chi connectivity index (χ1) is 41.8. The van der Waals surface area contributed by atoms with Gasteiger partial charge in [0.05, 0.1) is 13.2 Å². The number of hydrogen-bond donors (Lipinski definition) is 2. The summed E-state index contributed by atoms with van der Waals surface area (Å²) >= 11 is 0. The first-order valence-corrected chi connectivity index (χ1v) is 34.8. The van der Waals surface area contributed by atoms with E-state index in [1.165, 1.54) is 83.5 Å². The van der Waals surface area contributed by atoms with Crippen LogP contribution in [0.15, 0.2) is 182 Å². The summed E-state index contributed by atoms with van der Waals surface area (Å²) in [5, 5.41) is 0. The fourth-order valence-electron chi connectivity index (χ4n) is 8.46. The summed E-state index contributed by atoms with van der Waals surface area (Å²) in [6.45, 7) is 3.44. The van der Waals surface area contributed by atoms with Crippen LogP contribution >= 0.6 is 7.82 Å². The Morgan fingerprint density at radius 2 is 0.624 bits per heavy atom. The van der Waals surface area contributed by atoms with E-state index < -0.39 is 32.5 Å². The van der Waals surface area contributed by atoms with Gasteiger partial charge in [-0.05, 0) is 128 Å². The molecule has 0 rings (SSSR count). The Morgan fingerprint density at radius 3 is 0.941 bits per heavy atom. The van der Waals surface area contributed by atoms with Crippen molar-refractivity contribution in [2.45, 2.75) is 251 Å². The monoisotopic (exact) mass is 1190 g/mol. The normalized spacial score (nSPS) is 14.2. The first kappa shape index (κ1) is 80.1. The highest BCUT2D eigenvalue weighted by Gasteiger charge is 2.26. The van der Waals surface area contributed by atoms with Crippen LogP contribution in [-0.4, -0.2) is 49.3 Å². The lowest BCUT2D eigenvalue weighted by atomic mass is 10.0. The third-order valence-electron chi connectivity index (χ3n) is 13.3. The van der Waals surface area contributed by atoms with E-state index in [1.807, 2.05) is 6.08 Å². The van der Waals surface area contributed by atoms with Crippen LogP contribution in [0.4, 0.5) is 0 Å². The number of allylic oxidation sites excluding steroid dienone is 30. The molecule has 0 spiro atoms. The van der Waals surface area contributed by atoms with Crippen molar-refractivity contribution in [2.75, 3.05) is 26.4 Å². The average Bonchev–Trinajstić information content (AvgIpc) is 3.52. The minimum absolute atomic E-state index is 0.0351. The minimum atomic E-state index is -4.42. The lowest BCUT2D eigenvalue weighted by Gasteiger charge is -2.19. The van der Waals surface area contributed by atoms with Crippen molar-refractivity contribution in [1.29, 1.82) is 0 Å². The van der Waals surface area contributed by atoms with Crippen LogP contribution in [-0.2, 0) is 32.7 Å². The molecule has 0 aromatic carbocycles. The van der Waals surface area contributed by atoms with E-state index in [-0.39, 0.29) is 32.6 Å². The number of unbranched alkanes of at least 4 members (excludes halogenated alkanes) is 17. The Kier molecular flexibility index (Phi) is 64.3. The van der Waals surface area contributed by atoms with E-state index in [1.54, 1.807) is 0 Å². The third-order valence-corrected chi connectivity index (χ3v) is 14.3. The minimum Gasteiger partial charge on any atom is -0.462 e. The van der Waals surface area contributed by atoms with Gasteiger partial charge in [0, 0.05) is 19.4 Å². The smallest absolute Gasteiger partial charge is 0.462 e. The highest BCUT2D eigenvalue weighted by molar-refractivity contribution is 7.47. The van der Waals surface area contributed by atoms with Crippen LogP contribution in [0.2, 0.25) is 0 Å². The molecule has 0 saturated heterocycles. The Morgan fingerprint density at radius 1 is 0.353 bits per heavy atom. The van der Waals surface area contributed by atoms with E-state index in [9.17, 15) is 19.0 Å². The van der Waals surface area contributed by atoms with E-state index >= 15 is 0 Å². The van der Waals surface area contributed by atoms with Crippen molar-refractivity contribution < 1.29 is 37.6 Å². The van der Waals surface area contributed by atoms with Crippen molar-refractivity contribution in [3.63, 3.8) is 0 Å². The van der Waals surface area contributed by atoms with Crippen LogP contribution in [0.1, 0.15) is 245 Å². The summed E-state index contributed by atoms with van der Waals surface area (Å²) in [5.74, 6) is -0.907. The second kappa shape index (κ2) is 68.2. The molecule has 0 amide bonds. The van der Waals surface area contributed by atoms with Crippen molar-refractivity contribution in [3.05, 3.63) is 182 Å². The second-order valence-corrected chi connectivity index (χ2v) is 22.7. The molecular formula is C75H120NO8P.